The summed E-state index contributed by atoms with van der Waals surface area (Å²) >= 11 is 0. The third kappa shape index (κ3) is 5.49. The Balaban J connectivity index is 1.63. The van der Waals surface area contributed by atoms with E-state index in [2.05, 4.69) is 10.4 Å². The van der Waals surface area contributed by atoms with Crippen molar-refractivity contribution in [2.45, 2.75) is 20.5 Å². The summed E-state index contributed by atoms with van der Waals surface area (Å²) in [4.78, 5) is 36.3. The molecule has 180 valence electrons. The number of para-hydroxylation sites is 1. The molecule has 2 heterocycles. The van der Waals surface area contributed by atoms with Gasteiger partial charge in [0, 0.05) is 28.8 Å². The number of hydrogen-bond donors (Lipinski definition) is 1. The summed E-state index contributed by atoms with van der Waals surface area (Å²) in [6, 6.07) is 15.4. The Morgan fingerprint density at radius 3 is 2.54 bits per heavy atom. The molecule has 1 N–H and O–H groups in total. The average molecular weight is 477 g/mol. The van der Waals surface area contributed by atoms with E-state index in [1.165, 1.54) is 16.8 Å². The van der Waals surface area contributed by atoms with Gasteiger partial charge >= 0.3 is 17.7 Å². The Morgan fingerprint density at radius 2 is 1.80 bits per heavy atom. The van der Waals surface area contributed by atoms with E-state index in [-0.39, 0.29) is 36.8 Å². The van der Waals surface area contributed by atoms with E-state index >= 15 is 0 Å². The van der Waals surface area contributed by atoms with Crippen molar-refractivity contribution in [2.75, 3.05) is 18.5 Å². The topological polar surface area (TPSA) is 122 Å². The number of rotatable bonds is 8. The molecule has 0 aliphatic heterocycles. The quantitative estimate of drug-likeness (QED) is 0.294. The molecule has 1 amide bonds. The van der Waals surface area contributed by atoms with E-state index in [1.54, 1.807) is 32.2 Å². The highest BCUT2D eigenvalue weighted by Crippen LogP contribution is 2.25. The molecule has 0 saturated heterocycles. The Bertz CT molecular complexity index is 1410. The number of carbonyl (C=O) groups is 2. The van der Waals surface area contributed by atoms with Gasteiger partial charge in [0.15, 0.2) is 5.75 Å². The number of esters is 1. The lowest BCUT2D eigenvalue weighted by molar-refractivity contribution is 0.0514. The molecule has 0 atom stereocenters. The van der Waals surface area contributed by atoms with E-state index in [9.17, 15) is 14.4 Å². The highest BCUT2D eigenvalue weighted by molar-refractivity contribution is 5.91. The molecule has 2 aromatic heterocycles. The van der Waals surface area contributed by atoms with Crippen LogP contribution in [0.25, 0.3) is 16.7 Å². The number of aromatic nitrogens is 2. The second kappa shape index (κ2) is 10.6. The van der Waals surface area contributed by atoms with Crippen molar-refractivity contribution < 1.29 is 28.2 Å². The molecule has 0 spiro atoms. The monoisotopic (exact) mass is 477 g/mol. The fraction of sp³-hybridized carbons (Fsp3) is 0.200. The largest absolute Gasteiger partial charge is 0.485 e. The number of benzene rings is 2. The van der Waals surface area contributed by atoms with Gasteiger partial charge in [-0.3, -0.25) is 5.32 Å². The predicted molar refractivity (Wildman–Crippen MR) is 127 cm³/mol. The van der Waals surface area contributed by atoms with E-state index < -0.39 is 17.7 Å². The van der Waals surface area contributed by atoms with Gasteiger partial charge in [-0.1, -0.05) is 18.2 Å². The molecule has 0 unspecified atom stereocenters. The Labute approximate surface area is 200 Å². The van der Waals surface area contributed by atoms with Crippen molar-refractivity contribution in [1.29, 1.82) is 0 Å². The van der Waals surface area contributed by atoms with Crippen molar-refractivity contribution in [1.82, 2.24) is 9.78 Å². The lowest BCUT2D eigenvalue weighted by Crippen LogP contribution is -2.13. The minimum absolute atomic E-state index is 0.0175. The number of nitrogens with one attached hydrogen (secondary N) is 1. The van der Waals surface area contributed by atoms with Crippen LogP contribution in [0.2, 0.25) is 0 Å². The smallest absolute Gasteiger partial charge is 0.411 e. The molecule has 0 fully saturated rings. The summed E-state index contributed by atoms with van der Waals surface area (Å²) < 4.78 is 22.7. The Hall–Kier alpha value is -4.60. The molecule has 35 heavy (non-hydrogen) atoms. The van der Waals surface area contributed by atoms with Crippen LogP contribution in [0.4, 0.5) is 10.5 Å². The maximum Gasteiger partial charge on any atom is 0.411 e. The SMILES string of the molecule is CCOC(=O)Nc1ccc2c(COc3cn(-c4ccccc4)nc3C(=O)OCC)cc(=O)oc2c1. The van der Waals surface area contributed by atoms with Gasteiger partial charge in [-0.15, -0.1) is 0 Å². The van der Waals surface area contributed by atoms with Crippen LogP contribution in [0, 0.1) is 0 Å². The number of carbonyl (C=O) groups excluding carboxylic acids is 2. The number of anilines is 1. The van der Waals surface area contributed by atoms with Gasteiger partial charge < -0.3 is 18.6 Å². The van der Waals surface area contributed by atoms with Crippen molar-refractivity contribution in [3.8, 4) is 11.4 Å². The maximum atomic E-state index is 12.5. The van der Waals surface area contributed by atoms with Crippen LogP contribution in [0.5, 0.6) is 5.75 Å². The third-order valence-corrected chi connectivity index (χ3v) is 4.91. The minimum atomic E-state index is -0.621. The first-order valence-electron chi connectivity index (χ1n) is 10.9. The summed E-state index contributed by atoms with van der Waals surface area (Å²) in [6.45, 7) is 3.77. The van der Waals surface area contributed by atoms with Crippen LogP contribution < -0.4 is 15.7 Å². The first-order valence-corrected chi connectivity index (χ1v) is 10.9. The van der Waals surface area contributed by atoms with E-state index in [4.69, 9.17) is 18.6 Å². The zero-order valence-electron chi connectivity index (χ0n) is 19.1. The normalized spacial score (nSPS) is 10.7. The van der Waals surface area contributed by atoms with Crippen LogP contribution in [0.15, 0.2) is 70.0 Å². The number of hydrogen-bond acceptors (Lipinski definition) is 8. The van der Waals surface area contributed by atoms with Crippen LogP contribution >= 0.6 is 0 Å². The summed E-state index contributed by atoms with van der Waals surface area (Å²) in [5, 5.41) is 7.50. The average Bonchev–Trinajstić information content (AvgIpc) is 3.27. The molecular weight excluding hydrogens is 454 g/mol. The van der Waals surface area contributed by atoms with Crippen molar-refractivity contribution >= 4 is 28.7 Å². The predicted octanol–water partition coefficient (Wildman–Crippen LogP) is 4.30. The van der Waals surface area contributed by atoms with Crippen molar-refractivity contribution in [3.05, 3.63) is 82.5 Å². The minimum Gasteiger partial charge on any atom is -0.485 e. The first kappa shape index (κ1) is 23.6. The van der Waals surface area contributed by atoms with Gasteiger partial charge in [-0.05, 0) is 38.1 Å². The summed E-state index contributed by atoms with van der Waals surface area (Å²) in [6.07, 6.45) is 0.965. The van der Waals surface area contributed by atoms with Crippen LogP contribution in [0.1, 0.15) is 29.9 Å². The molecule has 0 radical (unpaired) electrons. The van der Waals surface area contributed by atoms with Crippen LogP contribution in [-0.2, 0) is 16.1 Å². The molecular formula is C25H23N3O7. The molecule has 4 rings (SSSR count). The standard InChI is InChI=1S/C25H23N3O7/c1-3-32-24(30)23-21(14-28(27-23)18-8-6-5-7-9-18)34-15-16-12-22(29)35-20-13-17(10-11-19(16)20)26-25(31)33-4-2/h5-14H,3-4,15H2,1-2H3,(H,26,31). The second-order valence-corrected chi connectivity index (χ2v) is 7.28. The molecule has 2 aromatic carbocycles. The highest BCUT2D eigenvalue weighted by Gasteiger charge is 2.21. The van der Waals surface area contributed by atoms with Crippen LogP contribution in [-0.4, -0.2) is 35.1 Å². The van der Waals surface area contributed by atoms with Gasteiger partial charge in [-0.2, -0.15) is 5.10 Å². The molecule has 0 saturated carbocycles. The van der Waals surface area contributed by atoms with Gasteiger partial charge in [0.05, 0.1) is 25.1 Å². The highest BCUT2D eigenvalue weighted by atomic mass is 16.5. The second-order valence-electron chi connectivity index (χ2n) is 7.28. The summed E-state index contributed by atoms with van der Waals surface area (Å²) in [5.41, 5.74) is 1.36. The molecule has 10 heteroatoms. The Morgan fingerprint density at radius 1 is 1.03 bits per heavy atom. The summed E-state index contributed by atoms with van der Waals surface area (Å²) in [5.74, 6) is -0.418. The van der Waals surface area contributed by atoms with Gasteiger partial charge in [0.2, 0.25) is 5.69 Å². The zero-order valence-corrected chi connectivity index (χ0v) is 19.1. The molecule has 4 aromatic rings. The fourth-order valence-electron chi connectivity index (χ4n) is 3.39. The third-order valence-electron chi connectivity index (χ3n) is 4.91. The number of amides is 1. The van der Waals surface area contributed by atoms with Crippen LogP contribution in [0.3, 0.4) is 0 Å². The fourth-order valence-corrected chi connectivity index (χ4v) is 3.39. The lowest BCUT2D eigenvalue weighted by atomic mass is 10.1. The number of fused-ring (bicyclic) bond motifs is 1. The van der Waals surface area contributed by atoms with E-state index in [0.717, 1.165) is 5.69 Å². The summed E-state index contributed by atoms with van der Waals surface area (Å²) in [7, 11) is 0. The van der Waals surface area contributed by atoms with Gasteiger partial charge in [0.1, 0.15) is 12.2 Å². The first-order chi connectivity index (χ1) is 17.0. The Kier molecular flexibility index (Phi) is 7.10. The molecule has 0 aliphatic carbocycles. The van der Waals surface area contributed by atoms with Crippen molar-refractivity contribution in [2.24, 2.45) is 0 Å². The number of nitrogens with zero attached hydrogens (tertiary/aromatic N) is 2. The zero-order chi connectivity index (χ0) is 24.8. The lowest BCUT2D eigenvalue weighted by Gasteiger charge is -2.10. The van der Waals surface area contributed by atoms with E-state index in [1.807, 2.05) is 30.3 Å². The maximum absolute atomic E-state index is 12.5. The van der Waals surface area contributed by atoms with Gasteiger partial charge in [-0.25, -0.2) is 19.1 Å². The molecule has 10 nitrogen and oxygen atoms in total. The van der Waals surface area contributed by atoms with E-state index in [0.29, 0.717) is 16.6 Å². The molecule has 0 bridgehead atoms. The van der Waals surface area contributed by atoms with Gasteiger partial charge in [0.25, 0.3) is 0 Å². The number of ether oxygens (including phenoxy) is 3. The van der Waals surface area contributed by atoms with Crippen molar-refractivity contribution in [3.63, 3.8) is 0 Å². The molecule has 0 aliphatic rings.